The molecule has 0 aliphatic carbocycles. The fourth-order valence-corrected chi connectivity index (χ4v) is 10.2. The van der Waals surface area contributed by atoms with Gasteiger partial charge in [-0.05, 0) is 48.5 Å². The van der Waals surface area contributed by atoms with Gasteiger partial charge in [0.05, 0.1) is 42.8 Å². The van der Waals surface area contributed by atoms with E-state index < -0.39 is 0 Å². The molecule has 0 aliphatic rings. The second-order valence-electron chi connectivity index (χ2n) is 12.1. The van der Waals surface area contributed by atoms with Crippen LogP contribution in [-0.2, 0) is 0 Å². The highest BCUT2D eigenvalue weighted by molar-refractivity contribution is 7.26. The smallest absolute Gasteiger partial charge is 0.0640 e. The fourth-order valence-electron chi connectivity index (χ4n) is 7.77. The topological polar surface area (TPSA) is 9.86 Å². The van der Waals surface area contributed by atoms with Gasteiger partial charge in [-0.1, -0.05) is 97.1 Å². The summed E-state index contributed by atoms with van der Waals surface area (Å²) in [5.74, 6) is 0. The highest BCUT2D eigenvalue weighted by atomic mass is 32.1. The van der Waals surface area contributed by atoms with Crippen LogP contribution in [0, 0.1) is 0 Å². The largest absolute Gasteiger partial charge is 0.308 e. The predicted molar refractivity (Wildman–Crippen MR) is 201 cm³/mol. The minimum atomic E-state index is 1.23. The number of para-hydroxylation sites is 2. The molecule has 0 atom stereocenters. The Bertz CT molecular complexity index is 2830. The van der Waals surface area contributed by atoms with Crippen LogP contribution < -0.4 is 0 Å². The van der Waals surface area contributed by atoms with Gasteiger partial charge < -0.3 is 9.13 Å². The lowest BCUT2D eigenvalue weighted by Crippen LogP contribution is -1.95. The van der Waals surface area contributed by atoms with Crippen LogP contribution in [-0.4, -0.2) is 9.13 Å². The SMILES string of the molecule is c1ccc2c(c1)sc1c(-n3c4ccccc4c4cc5c(cc43)c3ccccc3n5-c3cccc4c3sc3ccccc34)cccc12. The van der Waals surface area contributed by atoms with Crippen molar-refractivity contribution in [2.45, 2.75) is 0 Å². The van der Waals surface area contributed by atoms with Gasteiger partial charge in [-0.15, -0.1) is 22.7 Å². The fraction of sp³-hybridized carbons (Fsp3) is 0. The summed E-state index contributed by atoms with van der Waals surface area (Å²) in [6.45, 7) is 0. The van der Waals surface area contributed by atoms with Crippen LogP contribution in [0.4, 0.5) is 0 Å². The van der Waals surface area contributed by atoms with Crippen molar-refractivity contribution in [2.24, 2.45) is 0 Å². The molecular formula is C42H24N2S2. The normalized spacial score (nSPS) is 12.3. The minimum absolute atomic E-state index is 1.23. The molecule has 0 aliphatic heterocycles. The average Bonchev–Trinajstić information content (AvgIpc) is 3.85. The van der Waals surface area contributed by atoms with Crippen LogP contribution in [0.15, 0.2) is 146 Å². The second kappa shape index (κ2) is 9.07. The van der Waals surface area contributed by atoms with Gasteiger partial charge in [0, 0.05) is 52.5 Å². The Balaban J connectivity index is 1.29. The number of rotatable bonds is 2. The lowest BCUT2D eigenvalue weighted by molar-refractivity contribution is 1.20. The maximum atomic E-state index is 2.50. The van der Waals surface area contributed by atoms with Crippen LogP contribution in [0.5, 0.6) is 0 Å². The first-order chi connectivity index (χ1) is 22.8. The number of hydrogen-bond donors (Lipinski definition) is 0. The molecule has 214 valence electrons. The molecule has 0 saturated heterocycles. The summed E-state index contributed by atoms with van der Waals surface area (Å²) in [4.78, 5) is 0. The van der Waals surface area contributed by atoms with Gasteiger partial charge in [-0.2, -0.15) is 0 Å². The van der Waals surface area contributed by atoms with Gasteiger partial charge in [-0.3, -0.25) is 0 Å². The molecule has 46 heavy (non-hydrogen) atoms. The molecule has 2 nitrogen and oxygen atoms in total. The Hall–Kier alpha value is -5.42. The average molecular weight is 621 g/mol. The van der Waals surface area contributed by atoms with Crippen LogP contribution in [0.2, 0.25) is 0 Å². The second-order valence-corrected chi connectivity index (χ2v) is 14.2. The van der Waals surface area contributed by atoms with Crippen molar-refractivity contribution in [3.63, 3.8) is 0 Å². The molecule has 4 heterocycles. The molecule has 0 radical (unpaired) electrons. The predicted octanol–water partition coefficient (Wildman–Crippen LogP) is 12.6. The summed E-state index contributed by atoms with van der Waals surface area (Å²) in [5.41, 5.74) is 7.42. The first-order valence-electron chi connectivity index (χ1n) is 15.6. The third-order valence-corrected chi connectivity index (χ3v) is 12.1. The Kier molecular flexibility index (Phi) is 4.90. The number of fused-ring (bicyclic) bond motifs is 12. The number of aromatic nitrogens is 2. The maximum absolute atomic E-state index is 2.50. The number of nitrogens with zero attached hydrogens (tertiary/aromatic N) is 2. The first-order valence-corrected chi connectivity index (χ1v) is 17.2. The molecule has 0 saturated carbocycles. The summed E-state index contributed by atoms with van der Waals surface area (Å²) < 4.78 is 10.3. The highest BCUT2D eigenvalue weighted by Gasteiger charge is 2.21. The van der Waals surface area contributed by atoms with E-state index in [1.165, 1.54) is 95.3 Å². The molecule has 0 spiro atoms. The van der Waals surface area contributed by atoms with E-state index in [1.807, 2.05) is 22.7 Å². The molecule has 7 aromatic carbocycles. The van der Waals surface area contributed by atoms with E-state index >= 15 is 0 Å². The monoisotopic (exact) mass is 620 g/mol. The molecule has 0 unspecified atom stereocenters. The van der Waals surface area contributed by atoms with Crippen molar-refractivity contribution in [2.75, 3.05) is 0 Å². The third kappa shape index (κ3) is 3.20. The van der Waals surface area contributed by atoms with E-state index in [0.29, 0.717) is 0 Å². The maximum Gasteiger partial charge on any atom is 0.0640 e. The van der Waals surface area contributed by atoms with E-state index in [0.717, 1.165) is 0 Å². The van der Waals surface area contributed by atoms with Crippen LogP contribution in [0.25, 0.3) is 95.3 Å². The first kappa shape index (κ1) is 24.8. The Labute approximate surface area is 271 Å². The summed E-state index contributed by atoms with van der Waals surface area (Å²) in [6, 6.07) is 53.8. The van der Waals surface area contributed by atoms with Crippen LogP contribution in [0.1, 0.15) is 0 Å². The zero-order valence-electron chi connectivity index (χ0n) is 24.6. The molecule has 0 fully saturated rings. The molecule has 11 aromatic rings. The van der Waals surface area contributed by atoms with E-state index in [1.54, 1.807) is 0 Å². The number of benzene rings is 7. The summed E-state index contributed by atoms with van der Waals surface area (Å²) in [6.07, 6.45) is 0. The molecule has 4 aromatic heterocycles. The van der Waals surface area contributed by atoms with Gasteiger partial charge in [0.15, 0.2) is 0 Å². The van der Waals surface area contributed by atoms with Crippen molar-refractivity contribution >= 4 is 107 Å². The van der Waals surface area contributed by atoms with Crippen molar-refractivity contribution in [3.05, 3.63) is 146 Å². The number of hydrogen-bond acceptors (Lipinski definition) is 2. The lowest BCUT2D eigenvalue weighted by atomic mass is 10.1. The standard InChI is InChI=1S/C42H24N2S2/c1-5-17-33-25(11-1)31-23-38-32(24-37(31)43(33)35-19-9-15-29-27-13-3-7-21-39(27)45-41(29)35)26-12-2-6-18-34(26)44(38)36-20-10-16-30-28-14-4-8-22-40(28)46-42(30)36/h1-24H. The van der Waals surface area contributed by atoms with Gasteiger partial charge in [0.1, 0.15) is 0 Å². The molecule has 4 heteroatoms. The lowest BCUT2D eigenvalue weighted by Gasteiger charge is -2.11. The van der Waals surface area contributed by atoms with Crippen molar-refractivity contribution in [3.8, 4) is 11.4 Å². The molecule has 0 N–H and O–H groups in total. The summed E-state index contributed by atoms with van der Waals surface area (Å²) in [7, 11) is 0. The Morgan fingerprint density at radius 3 is 1.17 bits per heavy atom. The van der Waals surface area contributed by atoms with Crippen molar-refractivity contribution in [1.82, 2.24) is 9.13 Å². The molecular weight excluding hydrogens is 597 g/mol. The Morgan fingerprint density at radius 1 is 0.304 bits per heavy atom. The molecule has 11 rings (SSSR count). The van der Waals surface area contributed by atoms with Crippen LogP contribution in [0.3, 0.4) is 0 Å². The molecule has 0 bridgehead atoms. The van der Waals surface area contributed by atoms with Gasteiger partial charge >= 0.3 is 0 Å². The van der Waals surface area contributed by atoms with E-state index in [-0.39, 0.29) is 0 Å². The highest BCUT2D eigenvalue weighted by Crippen LogP contribution is 2.45. The minimum Gasteiger partial charge on any atom is -0.308 e. The van der Waals surface area contributed by atoms with Crippen molar-refractivity contribution < 1.29 is 0 Å². The van der Waals surface area contributed by atoms with Gasteiger partial charge in [0.25, 0.3) is 0 Å². The third-order valence-electron chi connectivity index (χ3n) is 9.71. The quantitative estimate of drug-likeness (QED) is 0.182. The van der Waals surface area contributed by atoms with E-state index in [2.05, 4.69) is 155 Å². The Morgan fingerprint density at radius 2 is 0.696 bits per heavy atom. The van der Waals surface area contributed by atoms with Crippen molar-refractivity contribution in [1.29, 1.82) is 0 Å². The molecule has 0 amide bonds. The van der Waals surface area contributed by atoms with E-state index in [4.69, 9.17) is 0 Å². The van der Waals surface area contributed by atoms with Gasteiger partial charge in [-0.25, -0.2) is 0 Å². The zero-order chi connectivity index (χ0) is 29.9. The summed E-state index contributed by atoms with van der Waals surface area (Å²) >= 11 is 3.78. The van der Waals surface area contributed by atoms with Crippen LogP contribution >= 0.6 is 22.7 Å². The number of thiophene rings is 2. The van der Waals surface area contributed by atoms with Gasteiger partial charge in [0.2, 0.25) is 0 Å². The van der Waals surface area contributed by atoms with E-state index in [9.17, 15) is 0 Å². The zero-order valence-corrected chi connectivity index (χ0v) is 26.2. The summed E-state index contributed by atoms with van der Waals surface area (Å²) in [5, 5.41) is 10.4.